The highest BCUT2D eigenvalue weighted by molar-refractivity contribution is 7.40. The second-order valence-electron chi connectivity index (χ2n) is 8.41. The van der Waals surface area contributed by atoms with Gasteiger partial charge in [-0.25, -0.2) is 0 Å². The smallest absolute Gasteiger partial charge is 0.330 e. The first-order chi connectivity index (χ1) is 14.6. The quantitative estimate of drug-likeness (QED) is 0.107. The molecule has 0 radical (unpaired) electrons. The van der Waals surface area contributed by atoms with E-state index in [1.807, 2.05) is 19.0 Å². The van der Waals surface area contributed by atoms with Gasteiger partial charge in [0.25, 0.3) is 6.47 Å². The highest BCUT2D eigenvalue weighted by Crippen LogP contribution is 2.33. The number of ether oxygens (including phenoxy) is 1. The van der Waals surface area contributed by atoms with Crippen LogP contribution >= 0.6 is 8.60 Å². The molecule has 0 aliphatic heterocycles. The average molecular weight is 450 g/mol. The fourth-order valence-corrected chi connectivity index (χ4v) is 3.93. The van der Waals surface area contributed by atoms with E-state index in [1.165, 1.54) is 77.0 Å². The van der Waals surface area contributed by atoms with Gasteiger partial charge in [-0.15, -0.1) is 0 Å². The molecule has 0 aliphatic rings. The van der Waals surface area contributed by atoms with Crippen LogP contribution < -0.4 is 0 Å². The number of unbranched alkanes of at least 4 members (excludes halogenated alkanes) is 13. The summed E-state index contributed by atoms with van der Waals surface area (Å²) in [5, 5.41) is 0. The lowest BCUT2D eigenvalue weighted by Crippen LogP contribution is -2.20. The summed E-state index contributed by atoms with van der Waals surface area (Å²) in [6.07, 6.45) is 18.9. The molecule has 1 N–H and O–H groups in total. The van der Waals surface area contributed by atoms with Gasteiger partial charge < -0.3 is 23.6 Å². The zero-order valence-corrected chi connectivity index (χ0v) is 20.8. The molecule has 7 heteroatoms. The van der Waals surface area contributed by atoms with Crippen molar-refractivity contribution in [3.8, 4) is 0 Å². The maximum Gasteiger partial charge on any atom is 0.330 e. The third kappa shape index (κ3) is 22.4. The molecule has 0 bridgehead atoms. The van der Waals surface area contributed by atoms with Crippen LogP contribution in [0, 0.1) is 0 Å². The van der Waals surface area contributed by atoms with Gasteiger partial charge in [-0.3, -0.25) is 4.79 Å². The summed E-state index contributed by atoms with van der Waals surface area (Å²) in [6.45, 7) is 4.04. The Morgan fingerprint density at radius 1 is 0.833 bits per heavy atom. The molecular formula is C23H48NO5P. The molecule has 0 heterocycles. The van der Waals surface area contributed by atoms with Gasteiger partial charge in [0.15, 0.2) is 0 Å². The van der Waals surface area contributed by atoms with Crippen LogP contribution in [0.25, 0.3) is 0 Å². The normalized spacial score (nSPS) is 13.5. The minimum Gasteiger partial charge on any atom is -0.462 e. The molecule has 0 aromatic heterocycles. The highest BCUT2D eigenvalue weighted by atomic mass is 31.2. The summed E-state index contributed by atoms with van der Waals surface area (Å²) in [5.41, 5.74) is 0. The average Bonchev–Trinajstić information content (AvgIpc) is 2.71. The molecular weight excluding hydrogens is 401 g/mol. The number of hydrogen-bond acceptors (Lipinski definition) is 6. The first-order valence-electron chi connectivity index (χ1n) is 12.1. The second-order valence-corrected chi connectivity index (χ2v) is 9.40. The number of carbonyl (C=O) groups is 1. The van der Waals surface area contributed by atoms with E-state index in [0.717, 1.165) is 25.8 Å². The first kappa shape index (κ1) is 29.7. The Labute approximate surface area is 187 Å². The first-order valence-corrected chi connectivity index (χ1v) is 13.2. The lowest BCUT2D eigenvalue weighted by atomic mass is 10.0. The molecule has 180 valence electrons. The van der Waals surface area contributed by atoms with Gasteiger partial charge >= 0.3 is 8.60 Å². The Hall–Kier alpha value is -0.260. The van der Waals surface area contributed by atoms with Gasteiger partial charge in [-0.1, -0.05) is 90.4 Å². The molecule has 2 atom stereocenters. The molecule has 0 fully saturated rings. The summed E-state index contributed by atoms with van der Waals surface area (Å²) < 4.78 is 15.6. The zero-order valence-electron chi connectivity index (χ0n) is 19.9. The van der Waals surface area contributed by atoms with Crippen LogP contribution in [0.1, 0.15) is 103 Å². The molecule has 0 saturated heterocycles. The van der Waals surface area contributed by atoms with E-state index in [-0.39, 0.29) is 12.7 Å². The molecule has 6 nitrogen and oxygen atoms in total. The van der Waals surface area contributed by atoms with Crippen molar-refractivity contribution in [2.45, 2.75) is 109 Å². The van der Waals surface area contributed by atoms with E-state index in [1.54, 1.807) is 0 Å². The molecule has 0 amide bonds. The van der Waals surface area contributed by atoms with E-state index in [9.17, 15) is 9.69 Å². The van der Waals surface area contributed by atoms with E-state index >= 15 is 0 Å². The van der Waals surface area contributed by atoms with Crippen molar-refractivity contribution in [2.75, 3.05) is 33.9 Å². The Balaban J connectivity index is 3.51. The van der Waals surface area contributed by atoms with E-state index < -0.39 is 8.60 Å². The standard InChI is InChI=1S/C23H48NO5P/c1-4-5-6-7-8-9-10-11-12-13-14-15-16-17-18-23(27-22-25)21-29-30(26)28-20-19-24(2)3/h22-23,26H,4-21H2,1-3H3. The van der Waals surface area contributed by atoms with Crippen LogP contribution in [-0.4, -0.2) is 56.2 Å². The summed E-state index contributed by atoms with van der Waals surface area (Å²) in [4.78, 5) is 22.4. The Morgan fingerprint density at radius 2 is 1.33 bits per heavy atom. The maximum atomic E-state index is 10.7. The number of rotatable bonds is 24. The molecule has 0 aromatic carbocycles. The van der Waals surface area contributed by atoms with Crippen LogP contribution in [0.2, 0.25) is 0 Å². The van der Waals surface area contributed by atoms with Gasteiger partial charge in [-0.2, -0.15) is 0 Å². The summed E-state index contributed by atoms with van der Waals surface area (Å²) >= 11 is 0. The molecule has 0 spiro atoms. The lowest BCUT2D eigenvalue weighted by molar-refractivity contribution is -0.135. The molecule has 30 heavy (non-hydrogen) atoms. The summed E-state index contributed by atoms with van der Waals surface area (Å²) in [7, 11) is 1.96. The Bertz CT molecular complexity index is 360. The predicted octanol–water partition coefficient (Wildman–Crippen LogP) is 6.21. The fraction of sp³-hybridized carbons (Fsp3) is 0.957. The predicted molar refractivity (Wildman–Crippen MR) is 125 cm³/mol. The highest BCUT2D eigenvalue weighted by Gasteiger charge is 2.14. The third-order valence-electron chi connectivity index (χ3n) is 5.24. The Kier molecular flexibility index (Phi) is 23.2. The van der Waals surface area contributed by atoms with Crippen LogP contribution in [-0.2, 0) is 18.6 Å². The van der Waals surface area contributed by atoms with Crippen LogP contribution in [0.15, 0.2) is 0 Å². The molecule has 0 aliphatic carbocycles. The number of carbonyl (C=O) groups excluding carboxylic acids is 1. The Morgan fingerprint density at radius 3 is 1.80 bits per heavy atom. The zero-order chi connectivity index (χ0) is 22.3. The van der Waals surface area contributed by atoms with Gasteiger partial charge in [0.05, 0.1) is 13.2 Å². The second kappa shape index (κ2) is 23.4. The van der Waals surface area contributed by atoms with E-state index in [0.29, 0.717) is 13.1 Å². The van der Waals surface area contributed by atoms with Crippen molar-refractivity contribution < 1.29 is 23.5 Å². The number of hydrogen-bond donors (Lipinski definition) is 1. The molecule has 0 saturated carbocycles. The number of likely N-dealkylation sites (N-methyl/N-ethyl adjacent to an activating group) is 1. The number of nitrogens with zero attached hydrogens (tertiary/aromatic N) is 1. The largest absolute Gasteiger partial charge is 0.462 e. The van der Waals surface area contributed by atoms with Crippen molar-refractivity contribution in [3.63, 3.8) is 0 Å². The fourth-order valence-electron chi connectivity index (χ4n) is 3.32. The van der Waals surface area contributed by atoms with Gasteiger partial charge in [0.1, 0.15) is 6.10 Å². The van der Waals surface area contributed by atoms with Crippen LogP contribution in [0.4, 0.5) is 0 Å². The third-order valence-corrected chi connectivity index (χ3v) is 6.01. The van der Waals surface area contributed by atoms with E-state index in [4.69, 9.17) is 13.8 Å². The van der Waals surface area contributed by atoms with Crippen molar-refractivity contribution in [1.29, 1.82) is 0 Å². The maximum absolute atomic E-state index is 10.7. The van der Waals surface area contributed by atoms with Crippen molar-refractivity contribution in [2.24, 2.45) is 0 Å². The van der Waals surface area contributed by atoms with Crippen LogP contribution in [0.5, 0.6) is 0 Å². The minimum atomic E-state index is -1.91. The lowest BCUT2D eigenvalue weighted by Gasteiger charge is -2.18. The monoisotopic (exact) mass is 449 g/mol. The van der Waals surface area contributed by atoms with Crippen molar-refractivity contribution >= 4 is 15.1 Å². The van der Waals surface area contributed by atoms with Gasteiger partial charge in [0, 0.05) is 6.54 Å². The topological polar surface area (TPSA) is 68.2 Å². The van der Waals surface area contributed by atoms with Crippen molar-refractivity contribution in [1.82, 2.24) is 4.90 Å². The SMILES string of the molecule is CCCCCCCCCCCCCCCCC(COP(O)OCCN(C)C)OC=O. The molecule has 0 aromatic rings. The molecule has 0 rings (SSSR count). The van der Waals surface area contributed by atoms with E-state index in [2.05, 4.69) is 6.92 Å². The molecule has 2 unspecified atom stereocenters. The van der Waals surface area contributed by atoms with Gasteiger partial charge in [0.2, 0.25) is 0 Å². The van der Waals surface area contributed by atoms with Crippen LogP contribution in [0.3, 0.4) is 0 Å². The summed E-state index contributed by atoms with van der Waals surface area (Å²) in [5.74, 6) is 0. The summed E-state index contributed by atoms with van der Waals surface area (Å²) in [6, 6.07) is 0. The van der Waals surface area contributed by atoms with Gasteiger partial charge in [-0.05, 0) is 26.9 Å². The van der Waals surface area contributed by atoms with Crippen molar-refractivity contribution in [3.05, 3.63) is 0 Å². The minimum absolute atomic E-state index is 0.182.